The second-order valence-electron chi connectivity index (χ2n) is 17.1. The molecule has 2 N–H and O–H groups in total. The Bertz CT molecular complexity index is 781. The van der Waals surface area contributed by atoms with Gasteiger partial charge in [-0.2, -0.15) is 0 Å². The lowest BCUT2D eigenvalue weighted by atomic mass is 9.97. The Labute approximate surface area is 344 Å². The number of hydrogen-bond donors (Lipinski definition) is 2. The van der Waals surface area contributed by atoms with Gasteiger partial charge < -0.3 is 20.2 Å². The number of aliphatic hydroxyl groups excluding tert-OH is 1. The zero-order chi connectivity index (χ0) is 40.3. The molecule has 0 rings (SSSR count). The molecule has 0 heterocycles. The molecular formula is C49H99N3O3. The Kier molecular flexibility index (Phi) is 43.1. The van der Waals surface area contributed by atoms with Crippen LogP contribution in [0.4, 0.5) is 0 Å². The van der Waals surface area contributed by atoms with Gasteiger partial charge >= 0.3 is 0 Å². The Balaban J connectivity index is 4.69. The molecule has 6 nitrogen and oxygen atoms in total. The number of hydrogen-bond acceptors (Lipinski definition) is 4. The first-order valence-electron chi connectivity index (χ1n) is 24.9. The molecule has 2 amide bonds. The third-order valence-corrected chi connectivity index (χ3v) is 11.8. The lowest BCUT2D eigenvalue weighted by Gasteiger charge is -2.32. The molecule has 0 fully saturated rings. The average Bonchev–Trinajstić information content (AvgIpc) is 3.19. The minimum atomic E-state index is 0.238. The van der Waals surface area contributed by atoms with Crippen LogP contribution in [0, 0.1) is 0 Å². The van der Waals surface area contributed by atoms with Crippen molar-refractivity contribution in [1.29, 1.82) is 0 Å². The molecule has 6 heteroatoms. The van der Waals surface area contributed by atoms with E-state index in [1.807, 2.05) is 0 Å². The van der Waals surface area contributed by atoms with E-state index in [1.165, 1.54) is 180 Å². The summed E-state index contributed by atoms with van der Waals surface area (Å²) >= 11 is 0. The van der Waals surface area contributed by atoms with Gasteiger partial charge in [0.15, 0.2) is 0 Å². The van der Waals surface area contributed by atoms with Crippen molar-refractivity contribution in [1.82, 2.24) is 15.1 Å². The summed E-state index contributed by atoms with van der Waals surface area (Å²) < 4.78 is 0. The van der Waals surface area contributed by atoms with E-state index in [-0.39, 0.29) is 12.5 Å². The molecule has 0 saturated carbocycles. The van der Waals surface area contributed by atoms with Crippen molar-refractivity contribution in [2.24, 2.45) is 0 Å². The topological polar surface area (TPSA) is 72.9 Å². The first-order valence-corrected chi connectivity index (χ1v) is 24.9. The van der Waals surface area contributed by atoms with Crippen molar-refractivity contribution in [3.63, 3.8) is 0 Å². The quantitative estimate of drug-likeness (QED) is 0.0604. The highest BCUT2D eigenvalue weighted by Gasteiger charge is 2.18. The van der Waals surface area contributed by atoms with Gasteiger partial charge in [-0.05, 0) is 64.3 Å². The third kappa shape index (κ3) is 36.9. The average molecular weight is 778 g/mol. The molecule has 0 aromatic carbocycles. The number of carbonyl (C=O) groups is 2. The first-order chi connectivity index (χ1) is 27.0. The monoisotopic (exact) mass is 778 g/mol. The van der Waals surface area contributed by atoms with Crippen molar-refractivity contribution in [2.45, 2.75) is 265 Å². The number of carbonyl (C=O) groups excluding carboxylic acids is 2. The minimum absolute atomic E-state index is 0.238. The van der Waals surface area contributed by atoms with Crippen molar-refractivity contribution in [3.05, 3.63) is 0 Å². The highest BCUT2D eigenvalue weighted by molar-refractivity contribution is 5.76. The van der Waals surface area contributed by atoms with Gasteiger partial charge in [-0.1, -0.05) is 188 Å². The van der Waals surface area contributed by atoms with Gasteiger partial charge in [0.05, 0.1) is 0 Å². The molecular weight excluding hydrogens is 679 g/mol. The van der Waals surface area contributed by atoms with E-state index < -0.39 is 0 Å². The molecule has 0 aliphatic heterocycles. The molecule has 0 bridgehead atoms. The molecule has 0 saturated heterocycles. The lowest BCUT2D eigenvalue weighted by molar-refractivity contribution is -0.131. The van der Waals surface area contributed by atoms with Gasteiger partial charge in [0.2, 0.25) is 11.8 Å². The maximum atomic E-state index is 13.1. The first kappa shape index (κ1) is 53.9. The van der Waals surface area contributed by atoms with Gasteiger partial charge in [0.1, 0.15) is 0 Å². The lowest BCUT2D eigenvalue weighted by Crippen LogP contribution is -2.37. The molecule has 55 heavy (non-hydrogen) atoms. The Morgan fingerprint density at radius 1 is 0.436 bits per heavy atom. The number of nitrogens with one attached hydrogen (secondary N) is 1. The minimum Gasteiger partial charge on any atom is -0.396 e. The predicted octanol–water partition coefficient (Wildman–Crippen LogP) is 13.7. The molecule has 0 aliphatic rings. The van der Waals surface area contributed by atoms with Crippen LogP contribution >= 0.6 is 0 Å². The van der Waals surface area contributed by atoms with Crippen LogP contribution in [0.1, 0.15) is 259 Å². The normalized spacial score (nSPS) is 12.1. The van der Waals surface area contributed by atoms with Gasteiger partial charge in [0, 0.05) is 51.7 Å². The standard InChI is InChI=1S/C49H99N3O3/c1-5-9-13-17-22-27-35-42-51(45-36-46-53)47(37-28-23-18-20-25-30-39-48(54)50-41-32-14-10-6-2)38-29-24-19-21-26-31-40-49(55)52(43-33-15-11-7-3)44-34-16-12-8-4/h47,53H,5-46H2,1-4H3,(H,50,54). The zero-order valence-corrected chi connectivity index (χ0v) is 37.9. The molecule has 0 aromatic heterocycles. The van der Waals surface area contributed by atoms with Gasteiger partial charge in [0.25, 0.3) is 0 Å². The van der Waals surface area contributed by atoms with Crippen molar-refractivity contribution in [3.8, 4) is 0 Å². The summed E-state index contributed by atoms with van der Waals surface area (Å²) in [6.07, 6.45) is 43.6. The van der Waals surface area contributed by atoms with E-state index in [0.29, 0.717) is 18.4 Å². The van der Waals surface area contributed by atoms with Gasteiger partial charge in [-0.15, -0.1) is 0 Å². The summed E-state index contributed by atoms with van der Waals surface area (Å²) in [6, 6.07) is 0.630. The summed E-state index contributed by atoms with van der Waals surface area (Å²) in [5.74, 6) is 0.636. The van der Waals surface area contributed by atoms with Crippen LogP contribution in [-0.2, 0) is 9.59 Å². The van der Waals surface area contributed by atoms with E-state index in [4.69, 9.17) is 0 Å². The highest BCUT2D eigenvalue weighted by atomic mass is 16.3. The van der Waals surface area contributed by atoms with Crippen LogP contribution in [0.15, 0.2) is 0 Å². The van der Waals surface area contributed by atoms with Crippen molar-refractivity contribution < 1.29 is 14.7 Å². The maximum Gasteiger partial charge on any atom is 0.222 e. The van der Waals surface area contributed by atoms with E-state index in [2.05, 4.69) is 42.8 Å². The summed E-state index contributed by atoms with van der Waals surface area (Å²) in [4.78, 5) is 30.2. The van der Waals surface area contributed by atoms with E-state index in [0.717, 1.165) is 77.5 Å². The maximum absolute atomic E-state index is 13.1. The summed E-state index contributed by atoms with van der Waals surface area (Å²) in [5, 5.41) is 12.8. The van der Waals surface area contributed by atoms with Crippen LogP contribution in [0.2, 0.25) is 0 Å². The zero-order valence-electron chi connectivity index (χ0n) is 37.9. The summed E-state index contributed by atoms with van der Waals surface area (Å²) in [6.45, 7) is 14.3. The fourth-order valence-electron chi connectivity index (χ4n) is 8.11. The largest absolute Gasteiger partial charge is 0.396 e. The van der Waals surface area contributed by atoms with Crippen LogP contribution in [0.25, 0.3) is 0 Å². The smallest absolute Gasteiger partial charge is 0.222 e. The van der Waals surface area contributed by atoms with Crippen LogP contribution in [0.3, 0.4) is 0 Å². The van der Waals surface area contributed by atoms with Crippen LogP contribution in [-0.4, -0.2) is 72.1 Å². The van der Waals surface area contributed by atoms with Crippen LogP contribution in [0.5, 0.6) is 0 Å². The van der Waals surface area contributed by atoms with E-state index in [1.54, 1.807) is 0 Å². The molecule has 328 valence electrons. The number of aliphatic hydroxyl groups is 1. The van der Waals surface area contributed by atoms with Crippen LogP contribution < -0.4 is 5.32 Å². The fourth-order valence-corrected chi connectivity index (χ4v) is 8.11. The SMILES string of the molecule is CCCCCCCCCN(CCCO)C(CCCCCCCCC(=O)NCCCCCC)CCCCCCCCC(=O)N(CCCCCC)CCCCCC. The van der Waals surface area contributed by atoms with Crippen molar-refractivity contribution >= 4 is 11.8 Å². The second-order valence-corrected chi connectivity index (χ2v) is 17.1. The number of amides is 2. The van der Waals surface area contributed by atoms with Gasteiger partial charge in [-0.25, -0.2) is 0 Å². The molecule has 0 aliphatic carbocycles. The fraction of sp³-hybridized carbons (Fsp3) is 0.959. The molecule has 1 unspecified atom stereocenters. The second kappa shape index (κ2) is 44.0. The summed E-state index contributed by atoms with van der Waals surface area (Å²) in [7, 11) is 0. The van der Waals surface area contributed by atoms with E-state index in [9.17, 15) is 14.7 Å². The Hall–Kier alpha value is -1.14. The molecule has 1 atom stereocenters. The van der Waals surface area contributed by atoms with E-state index >= 15 is 0 Å². The molecule has 0 radical (unpaired) electrons. The number of nitrogens with zero attached hydrogens (tertiary/aromatic N) is 2. The van der Waals surface area contributed by atoms with Crippen molar-refractivity contribution in [2.75, 3.05) is 39.3 Å². The molecule has 0 spiro atoms. The van der Waals surface area contributed by atoms with Gasteiger partial charge in [-0.3, -0.25) is 9.59 Å². The molecule has 0 aromatic rings. The Morgan fingerprint density at radius 2 is 0.818 bits per heavy atom. The summed E-state index contributed by atoms with van der Waals surface area (Å²) in [5.41, 5.74) is 0. The highest BCUT2D eigenvalue weighted by Crippen LogP contribution is 2.21. The number of rotatable bonds is 45. The predicted molar refractivity (Wildman–Crippen MR) is 241 cm³/mol. The Morgan fingerprint density at radius 3 is 1.33 bits per heavy atom. The number of unbranched alkanes of at least 4 members (excludes halogenated alkanes) is 25. The third-order valence-electron chi connectivity index (χ3n) is 11.8.